The Labute approximate surface area is 238 Å². The predicted molar refractivity (Wildman–Crippen MR) is 142 cm³/mol. The number of ether oxygens (including phenoxy) is 3. The maximum atomic E-state index is 12.7. The highest BCUT2D eigenvalue weighted by molar-refractivity contribution is 7.48. The van der Waals surface area contributed by atoms with Gasteiger partial charge in [0, 0.05) is 0 Å². The highest BCUT2D eigenvalue weighted by atomic mass is 31.2. The maximum Gasteiger partial charge on any atom is 0.472 e. The summed E-state index contributed by atoms with van der Waals surface area (Å²) >= 11 is 0. The van der Waals surface area contributed by atoms with Crippen molar-refractivity contribution in [3.63, 3.8) is 0 Å². The Hall–Kier alpha value is 0.310. The van der Waals surface area contributed by atoms with Crippen molar-refractivity contribution in [1.29, 1.82) is 0 Å². The normalized spacial score (nSPS) is 43.9. The second kappa shape index (κ2) is 14.2. The lowest BCUT2D eigenvalue weighted by Crippen LogP contribution is -2.38. The summed E-state index contributed by atoms with van der Waals surface area (Å²) in [6, 6.07) is -2.71. The van der Waals surface area contributed by atoms with Crippen LogP contribution in [0.15, 0.2) is 0 Å². The van der Waals surface area contributed by atoms with E-state index in [1.165, 1.54) is 23.5 Å². The molecule has 0 aromatic carbocycles. The standard InChI is InChI=1S/C15H33B4O19P3/c16-13-7(21)10(4(1-20)32-13)35-39(24,25)30-2-5-11(8(22)14(17)33-5)36-40(26,27)31-3-6-12(9(23)15(18)34-6)37-41(28,29)38-19/h4-15,20-23H,1-3,16-19H2,(H,24,25)(H,26,27)(H,28,29). The van der Waals surface area contributed by atoms with E-state index in [0.717, 1.165) is 8.05 Å². The van der Waals surface area contributed by atoms with Gasteiger partial charge in [-0.05, 0) is 0 Å². The van der Waals surface area contributed by atoms with E-state index in [4.69, 9.17) is 36.8 Å². The Bertz CT molecular complexity index is 1030. The molecule has 0 amide bonds. The fourth-order valence-corrected chi connectivity index (χ4v) is 7.05. The maximum absolute atomic E-state index is 12.7. The van der Waals surface area contributed by atoms with Gasteiger partial charge in [0.1, 0.15) is 78.5 Å². The van der Waals surface area contributed by atoms with Gasteiger partial charge in [0.05, 0.1) is 37.8 Å². The van der Waals surface area contributed by atoms with Gasteiger partial charge < -0.3 is 53.8 Å². The Morgan fingerprint density at radius 2 is 0.927 bits per heavy atom. The monoisotopic (exact) mass is 654 g/mol. The second-order valence-corrected chi connectivity index (χ2v) is 14.0. The van der Waals surface area contributed by atoms with Gasteiger partial charge in [-0.2, -0.15) is 0 Å². The number of aliphatic hydroxyl groups is 4. The first kappa shape index (κ1) is 35.8. The first-order chi connectivity index (χ1) is 18.9. The first-order valence-corrected chi connectivity index (χ1v) is 16.9. The molecule has 26 heteroatoms. The Morgan fingerprint density at radius 1 is 0.610 bits per heavy atom. The molecule has 3 rings (SSSR count). The van der Waals surface area contributed by atoms with Crippen LogP contribution < -0.4 is 0 Å². The zero-order valence-electron chi connectivity index (χ0n) is 22.4. The largest absolute Gasteiger partial charge is 0.472 e. The van der Waals surface area contributed by atoms with E-state index < -0.39 is 116 Å². The van der Waals surface area contributed by atoms with Crippen LogP contribution in [0, 0.1) is 0 Å². The SMILES string of the molecule is BOP(=O)(O)OC1C(COP(=O)(O)OC2C(COP(=O)(O)OC3C(CO)OC(B)C3O)OC(B)C2O)OC(B)C1O. The molecule has 0 saturated carbocycles. The average molecular weight is 654 g/mol. The zero-order valence-corrected chi connectivity index (χ0v) is 25.1. The number of aliphatic hydroxyl groups excluding tert-OH is 4. The molecule has 0 spiro atoms. The van der Waals surface area contributed by atoms with Gasteiger partial charge in [-0.1, -0.05) is 0 Å². The highest BCUT2D eigenvalue weighted by Crippen LogP contribution is 2.51. The molecule has 3 aliphatic rings. The van der Waals surface area contributed by atoms with Crippen LogP contribution in [0.3, 0.4) is 0 Å². The van der Waals surface area contributed by atoms with Gasteiger partial charge in [0.2, 0.25) is 0 Å². The van der Waals surface area contributed by atoms with E-state index in [1.807, 2.05) is 0 Å². The summed E-state index contributed by atoms with van der Waals surface area (Å²) in [5.41, 5.74) is 0. The lowest BCUT2D eigenvalue weighted by molar-refractivity contribution is -0.0393. The molecule has 0 bridgehead atoms. The second-order valence-electron chi connectivity index (χ2n) is 9.68. The number of phosphoric ester groups is 3. The van der Waals surface area contributed by atoms with Gasteiger partial charge in [0.15, 0.2) is 0 Å². The van der Waals surface area contributed by atoms with Crippen LogP contribution in [0.4, 0.5) is 0 Å². The summed E-state index contributed by atoms with van der Waals surface area (Å²) < 4.78 is 82.2. The number of rotatable bonds is 14. The van der Waals surface area contributed by atoms with Crippen molar-refractivity contribution < 1.29 is 90.1 Å². The fourth-order valence-electron chi connectivity index (χ4n) is 4.47. The number of hydrogen-bond donors (Lipinski definition) is 7. The van der Waals surface area contributed by atoms with Crippen molar-refractivity contribution >= 4 is 55.1 Å². The van der Waals surface area contributed by atoms with Crippen molar-refractivity contribution in [2.24, 2.45) is 0 Å². The van der Waals surface area contributed by atoms with E-state index in [0.29, 0.717) is 0 Å². The van der Waals surface area contributed by atoms with Crippen LogP contribution in [-0.4, -0.2) is 159 Å². The molecule has 41 heavy (non-hydrogen) atoms. The Morgan fingerprint density at radius 3 is 1.27 bits per heavy atom. The topological polar surface area (TPSA) is 276 Å². The molecule has 0 aromatic rings. The van der Waals surface area contributed by atoms with Crippen LogP contribution in [-0.2, 0) is 55.0 Å². The third-order valence-electron chi connectivity index (χ3n) is 6.70. The van der Waals surface area contributed by atoms with Gasteiger partial charge in [-0.25, -0.2) is 13.7 Å². The summed E-state index contributed by atoms with van der Waals surface area (Å²) in [4.78, 5) is 30.0. The first-order valence-electron chi connectivity index (χ1n) is 12.4. The van der Waals surface area contributed by atoms with Crippen molar-refractivity contribution in [3.8, 4) is 0 Å². The molecule has 15 atom stereocenters. The smallest absolute Gasteiger partial charge is 0.394 e. The molecule has 0 radical (unpaired) electrons. The summed E-state index contributed by atoms with van der Waals surface area (Å²) in [6.07, 6.45) is -12.7. The minimum atomic E-state index is -5.05. The fraction of sp³-hybridized carbons (Fsp3) is 1.00. The van der Waals surface area contributed by atoms with Crippen LogP contribution in [0.25, 0.3) is 0 Å². The van der Waals surface area contributed by atoms with Crippen molar-refractivity contribution in [1.82, 2.24) is 0 Å². The van der Waals surface area contributed by atoms with E-state index in [2.05, 4.69) is 4.44 Å². The van der Waals surface area contributed by atoms with Crippen LogP contribution in [0.1, 0.15) is 0 Å². The van der Waals surface area contributed by atoms with Gasteiger partial charge in [-0.15, -0.1) is 0 Å². The Kier molecular flexibility index (Phi) is 12.4. The minimum absolute atomic E-state index is 0.620. The van der Waals surface area contributed by atoms with E-state index in [-0.39, 0.29) is 0 Å². The molecule has 15 unspecified atom stereocenters. The summed E-state index contributed by atoms with van der Waals surface area (Å²) in [7, 11) is -9.41. The van der Waals surface area contributed by atoms with E-state index in [1.54, 1.807) is 0 Å². The van der Waals surface area contributed by atoms with Crippen molar-refractivity contribution in [3.05, 3.63) is 0 Å². The van der Waals surface area contributed by atoms with E-state index in [9.17, 15) is 48.8 Å². The predicted octanol–water partition coefficient (Wildman–Crippen LogP) is -6.81. The quantitative estimate of drug-likeness (QED) is 0.0677. The van der Waals surface area contributed by atoms with Gasteiger partial charge in [-0.3, -0.25) is 22.6 Å². The van der Waals surface area contributed by atoms with Crippen LogP contribution in [0.2, 0.25) is 0 Å². The summed E-state index contributed by atoms with van der Waals surface area (Å²) in [5.74, 6) is 0. The van der Waals surface area contributed by atoms with Gasteiger partial charge >= 0.3 is 23.5 Å². The lowest BCUT2D eigenvalue weighted by Gasteiger charge is -2.26. The van der Waals surface area contributed by atoms with Crippen molar-refractivity contribution in [2.45, 2.75) is 72.9 Å². The van der Waals surface area contributed by atoms with Gasteiger partial charge in [0.25, 0.3) is 8.05 Å². The number of hydrogen-bond acceptors (Lipinski definition) is 16. The molecule has 19 nitrogen and oxygen atoms in total. The molecule has 234 valence electrons. The molecular weight excluding hydrogens is 620 g/mol. The minimum Gasteiger partial charge on any atom is -0.394 e. The number of phosphoric acid groups is 3. The highest BCUT2D eigenvalue weighted by Gasteiger charge is 2.50. The molecule has 0 aliphatic carbocycles. The molecule has 3 heterocycles. The molecule has 0 aromatic heterocycles. The molecule has 7 N–H and O–H groups in total. The van der Waals surface area contributed by atoms with Crippen LogP contribution >= 0.6 is 23.5 Å². The third kappa shape index (κ3) is 9.17. The van der Waals surface area contributed by atoms with E-state index >= 15 is 0 Å². The molecular formula is C15H33B4O19P3. The Balaban J connectivity index is 1.60. The molecule has 3 fully saturated rings. The average Bonchev–Trinajstić information content (AvgIpc) is 3.42. The zero-order chi connectivity index (χ0) is 30.9. The third-order valence-corrected chi connectivity index (χ3v) is 9.64. The van der Waals surface area contributed by atoms with Crippen LogP contribution in [0.5, 0.6) is 0 Å². The molecule has 3 saturated heterocycles. The molecule has 3 aliphatic heterocycles. The van der Waals surface area contributed by atoms with Crippen molar-refractivity contribution in [2.75, 3.05) is 19.8 Å². The summed E-state index contributed by atoms with van der Waals surface area (Å²) in [6.45, 7) is -2.19. The lowest BCUT2D eigenvalue weighted by atomic mass is 9.93. The summed E-state index contributed by atoms with van der Waals surface area (Å²) in [5, 5.41) is 40.1.